The summed E-state index contributed by atoms with van der Waals surface area (Å²) in [6.07, 6.45) is 1.81. The molecule has 1 aromatic carbocycles. The highest BCUT2D eigenvalue weighted by Crippen LogP contribution is 2.34. The Bertz CT molecular complexity index is 552. The van der Waals surface area contributed by atoms with Gasteiger partial charge in [-0.3, -0.25) is 0 Å². The van der Waals surface area contributed by atoms with Gasteiger partial charge in [-0.25, -0.2) is 4.98 Å². The second kappa shape index (κ2) is 5.35. The molecule has 0 atom stereocenters. The van der Waals surface area contributed by atoms with E-state index in [0.717, 1.165) is 28.4 Å². The van der Waals surface area contributed by atoms with E-state index < -0.39 is 0 Å². The topological polar surface area (TPSA) is 47.1 Å². The van der Waals surface area contributed by atoms with Gasteiger partial charge in [-0.2, -0.15) is 12.6 Å². The zero-order valence-corrected chi connectivity index (χ0v) is 11.5. The van der Waals surface area contributed by atoms with Gasteiger partial charge in [0.05, 0.1) is 26.1 Å². The molecule has 1 aromatic heterocycles. The largest absolute Gasteiger partial charge is 0.493 e. The number of aromatic amines is 1. The Morgan fingerprint density at radius 2 is 1.89 bits per heavy atom. The average molecular weight is 264 g/mol. The number of ether oxygens (including phenoxy) is 2. The molecule has 0 saturated carbocycles. The Hall–Kier alpha value is -1.62. The van der Waals surface area contributed by atoms with Crippen molar-refractivity contribution in [3.63, 3.8) is 0 Å². The zero-order chi connectivity index (χ0) is 13.1. The highest BCUT2D eigenvalue weighted by Gasteiger charge is 2.11. The normalized spacial score (nSPS) is 10.4. The highest BCUT2D eigenvalue weighted by molar-refractivity contribution is 7.79. The van der Waals surface area contributed by atoms with Gasteiger partial charge in [0.25, 0.3) is 0 Å². The second-order valence-electron chi connectivity index (χ2n) is 3.92. The fourth-order valence-electron chi connectivity index (χ4n) is 1.85. The van der Waals surface area contributed by atoms with Crippen molar-refractivity contribution in [1.82, 2.24) is 9.97 Å². The zero-order valence-electron chi connectivity index (χ0n) is 10.7. The van der Waals surface area contributed by atoms with Gasteiger partial charge in [0, 0.05) is 11.3 Å². The van der Waals surface area contributed by atoms with Crippen molar-refractivity contribution in [3.05, 3.63) is 29.7 Å². The number of thiol groups is 1. The predicted molar refractivity (Wildman–Crippen MR) is 74.6 cm³/mol. The summed E-state index contributed by atoms with van der Waals surface area (Å²) in [7, 11) is 3.26. The van der Waals surface area contributed by atoms with Crippen molar-refractivity contribution in [2.24, 2.45) is 0 Å². The molecular formula is C13H16N2O2S. The number of aryl methyl sites for hydroxylation is 1. The van der Waals surface area contributed by atoms with E-state index in [9.17, 15) is 0 Å². The van der Waals surface area contributed by atoms with Crippen LogP contribution in [-0.4, -0.2) is 24.2 Å². The molecule has 4 nitrogen and oxygen atoms in total. The highest BCUT2D eigenvalue weighted by atomic mass is 32.1. The summed E-state index contributed by atoms with van der Waals surface area (Å²) >= 11 is 4.19. The standard InChI is InChI=1S/C13H16N2O2S/c1-8-4-11(16-2)12(17-3)5-9(8)10-6-14-13(7-18)15-10/h4-6,18H,7H2,1-3H3,(H,14,15). The molecule has 1 heterocycles. The van der Waals surface area contributed by atoms with Crippen LogP contribution in [0.4, 0.5) is 0 Å². The third-order valence-electron chi connectivity index (χ3n) is 2.80. The van der Waals surface area contributed by atoms with Crippen molar-refractivity contribution < 1.29 is 9.47 Å². The lowest BCUT2D eigenvalue weighted by Crippen LogP contribution is -1.93. The molecule has 0 aliphatic heterocycles. The van der Waals surface area contributed by atoms with E-state index in [-0.39, 0.29) is 0 Å². The maximum atomic E-state index is 5.31. The lowest BCUT2D eigenvalue weighted by Gasteiger charge is -2.11. The van der Waals surface area contributed by atoms with Crippen molar-refractivity contribution in [2.45, 2.75) is 12.7 Å². The third-order valence-corrected chi connectivity index (χ3v) is 3.10. The van der Waals surface area contributed by atoms with Gasteiger partial charge >= 0.3 is 0 Å². The quantitative estimate of drug-likeness (QED) is 0.835. The van der Waals surface area contributed by atoms with Crippen LogP contribution < -0.4 is 9.47 Å². The fraction of sp³-hybridized carbons (Fsp3) is 0.308. The van der Waals surface area contributed by atoms with Crippen LogP contribution >= 0.6 is 12.6 Å². The predicted octanol–water partition coefficient (Wildman–Crippen LogP) is 2.83. The number of methoxy groups -OCH3 is 2. The summed E-state index contributed by atoms with van der Waals surface area (Å²) in [5.74, 6) is 2.88. The van der Waals surface area contributed by atoms with Crippen LogP contribution in [0.3, 0.4) is 0 Å². The minimum atomic E-state index is 0.590. The summed E-state index contributed by atoms with van der Waals surface area (Å²) < 4.78 is 10.6. The molecule has 1 N–H and O–H groups in total. The number of hydrogen-bond donors (Lipinski definition) is 2. The van der Waals surface area contributed by atoms with Crippen LogP contribution in [-0.2, 0) is 5.75 Å². The summed E-state index contributed by atoms with van der Waals surface area (Å²) in [5.41, 5.74) is 3.10. The van der Waals surface area contributed by atoms with Crippen LogP contribution in [0, 0.1) is 6.92 Å². The van der Waals surface area contributed by atoms with Gasteiger partial charge in [-0.15, -0.1) is 0 Å². The molecule has 0 aliphatic carbocycles. The minimum absolute atomic E-state index is 0.590. The lowest BCUT2D eigenvalue weighted by atomic mass is 10.1. The van der Waals surface area contributed by atoms with Gasteiger partial charge in [0.1, 0.15) is 5.82 Å². The first-order chi connectivity index (χ1) is 8.69. The maximum absolute atomic E-state index is 5.31. The molecule has 18 heavy (non-hydrogen) atoms. The van der Waals surface area contributed by atoms with Crippen LogP contribution in [0.1, 0.15) is 11.4 Å². The summed E-state index contributed by atoms with van der Waals surface area (Å²) in [6, 6.07) is 3.90. The molecule has 0 saturated heterocycles. The van der Waals surface area contributed by atoms with E-state index >= 15 is 0 Å². The van der Waals surface area contributed by atoms with E-state index in [2.05, 4.69) is 22.6 Å². The molecule has 0 amide bonds. The first kappa shape index (κ1) is 12.8. The first-order valence-electron chi connectivity index (χ1n) is 5.57. The molecular weight excluding hydrogens is 248 g/mol. The van der Waals surface area contributed by atoms with Crippen molar-refractivity contribution >= 4 is 12.6 Å². The average Bonchev–Trinajstić information content (AvgIpc) is 2.86. The summed E-state index contributed by atoms with van der Waals surface area (Å²) in [5, 5.41) is 0. The van der Waals surface area contributed by atoms with Gasteiger partial charge in [0.15, 0.2) is 11.5 Å². The third kappa shape index (κ3) is 2.31. The molecule has 0 radical (unpaired) electrons. The number of imidazole rings is 1. The molecule has 5 heteroatoms. The molecule has 0 bridgehead atoms. The van der Waals surface area contributed by atoms with Crippen LogP contribution in [0.15, 0.2) is 18.3 Å². The van der Waals surface area contributed by atoms with Gasteiger partial charge < -0.3 is 14.5 Å². The van der Waals surface area contributed by atoms with E-state index in [4.69, 9.17) is 9.47 Å². The first-order valence-corrected chi connectivity index (χ1v) is 6.20. The van der Waals surface area contributed by atoms with Crippen molar-refractivity contribution in [1.29, 1.82) is 0 Å². The monoisotopic (exact) mass is 264 g/mol. The SMILES string of the molecule is COc1cc(C)c(-c2cnc(CS)[nH]2)cc1OC. The maximum Gasteiger partial charge on any atom is 0.161 e. The number of benzene rings is 1. The number of nitrogens with one attached hydrogen (secondary N) is 1. The van der Waals surface area contributed by atoms with E-state index in [0.29, 0.717) is 11.5 Å². The molecule has 96 valence electrons. The van der Waals surface area contributed by atoms with Crippen LogP contribution in [0.2, 0.25) is 0 Å². The molecule has 2 rings (SSSR count). The van der Waals surface area contributed by atoms with Crippen LogP contribution in [0.25, 0.3) is 11.3 Å². The van der Waals surface area contributed by atoms with Gasteiger partial charge in [0.2, 0.25) is 0 Å². The Morgan fingerprint density at radius 1 is 1.22 bits per heavy atom. The van der Waals surface area contributed by atoms with E-state index in [1.807, 2.05) is 19.1 Å². The van der Waals surface area contributed by atoms with Gasteiger partial charge in [-0.05, 0) is 24.6 Å². The van der Waals surface area contributed by atoms with Crippen molar-refractivity contribution in [2.75, 3.05) is 14.2 Å². The Balaban J connectivity index is 2.50. The summed E-state index contributed by atoms with van der Waals surface area (Å²) in [6.45, 7) is 2.03. The smallest absolute Gasteiger partial charge is 0.161 e. The molecule has 0 spiro atoms. The second-order valence-corrected chi connectivity index (χ2v) is 4.24. The van der Waals surface area contributed by atoms with E-state index in [1.54, 1.807) is 20.4 Å². The van der Waals surface area contributed by atoms with Gasteiger partial charge in [-0.1, -0.05) is 0 Å². The Kier molecular flexibility index (Phi) is 3.81. The van der Waals surface area contributed by atoms with E-state index in [1.165, 1.54) is 0 Å². The summed E-state index contributed by atoms with van der Waals surface area (Å²) in [4.78, 5) is 7.47. The number of H-pyrrole nitrogens is 1. The molecule has 0 unspecified atom stereocenters. The Labute approximate surface area is 112 Å². The fourth-order valence-corrected chi connectivity index (χ4v) is 2.01. The van der Waals surface area contributed by atoms with Crippen molar-refractivity contribution in [3.8, 4) is 22.8 Å². The Morgan fingerprint density at radius 3 is 2.44 bits per heavy atom. The molecule has 0 aliphatic rings. The number of hydrogen-bond acceptors (Lipinski definition) is 4. The number of aromatic nitrogens is 2. The van der Waals surface area contributed by atoms with Crippen LogP contribution in [0.5, 0.6) is 11.5 Å². The number of nitrogens with zero attached hydrogens (tertiary/aromatic N) is 1. The molecule has 2 aromatic rings. The minimum Gasteiger partial charge on any atom is -0.493 e. The number of rotatable bonds is 4. The molecule has 0 fully saturated rings. The lowest BCUT2D eigenvalue weighted by molar-refractivity contribution is 0.355.